The Labute approximate surface area is 174 Å². The van der Waals surface area contributed by atoms with Gasteiger partial charge in [0, 0.05) is 48.7 Å². The van der Waals surface area contributed by atoms with E-state index in [2.05, 4.69) is 34.1 Å². The van der Waals surface area contributed by atoms with Crippen LogP contribution in [-0.4, -0.2) is 53.4 Å². The van der Waals surface area contributed by atoms with Crippen LogP contribution in [0, 0.1) is 0 Å². The van der Waals surface area contributed by atoms with Crippen LogP contribution in [0.2, 0.25) is 5.02 Å². The molecule has 4 nitrogen and oxygen atoms in total. The molecule has 0 radical (unpaired) electrons. The normalized spacial score (nSPS) is 15.0. The van der Waals surface area contributed by atoms with Gasteiger partial charge in [0.15, 0.2) is 0 Å². The Hall–Kier alpha value is -2.21. The van der Waals surface area contributed by atoms with Gasteiger partial charge in [-0.25, -0.2) is 4.98 Å². The molecule has 3 aromatic rings. The van der Waals surface area contributed by atoms with Crippen molar-refractivity contribution in [3.63, 3.8) is 0 Å². The van der Waals surface area contributed by atoms with Crippen molar-refractivity contribution >= 4 is 28.8 Å². The van der Waals surface area contributed by atoms with Crippen LogP contribution in [0.3, 0.4) is 0 Å². The molecule has 28 heavy (non-hydrogen) atoms. The average Bonchev–Trinajstić information content (AvgIpc) is 3.23. The Kier molecular flexibility index (Phi) is 6.05. The van der Waals surface area contributed by atoms with Crippen molar-refractivity contribution in [1.29, 1.82) is 0 Å². The molecule has 1 aromatic heterocycles. The molecule has 144 valence electrons. The third-order valence-corrected chi connectivity index (χ3v) is 6.14. The standard InChI is InChI=1S/C22H22ClN3OS/c23-19-8-4-7-18(15-19)21-24-20(16-28-21)22(27)26-13-11-25(12-14-26)10-9-17-5-2-1-3-6-17/h1-8,15-16H,9-14H2. The second-order valence-electron chi connectivity index (χ2n) is 6.92. The van der Waals surface area contributed by atoms with Crippen LogP contribution >= 0.6 is 22.9 Å². The number of halogens is 1. The highest BCUT2D eigenvalue weighted by molar-refractivity contribution is 7.13. The zero-order valence-corrected chi connectivity index (χ0v) is 17.1. The van der Waals surface area contributed by atoms with Gasteiger partial charge in [0.05, 0.1) is 0 Å². The molecule has 4 rings (SSSR count). The van der Waals surface area contributed by atoms with E-state index in [0.29, 0.717) is 10.7 Å². The lowest BCUT2D eigenvalue weighted by molar-refractivity contribution is 0.0633. The summed E-state index contributed by atoms with van der Waals surface area (Å²) in [4.78, 5) is 21.7. The lowest BCUT2D eigenvalue weighted by Crippen LogP contribution is -2.49. The highest BCUT2D eigenvalue weighted by Gasteiger charge is 2.23. The number of hydrogen-bond acceptors (Lipinski definition) is 4. The van der Waals surface area contributed by atoms with Gasteiger partial charge in [0.1, 0.15) is 10.7 Å². The lowest BCUT2D eigenvalue weighted by atomic mass is 10.1. The Bertz CT molecular complexity index is 936. The molecule has 0 spiro atoms. The second-order valence-corrected chi connectivity index (χ2v) is 8.21. The number of carbonyl (C=O) groups excluding carboxylic acids is 1. The van der Waals surface area contributed by atoms with Crippen molar-refractivity contribution in [1.82, 2.24) is 14.8 Å². The number of amides is 1. The molecule has 2 aromatic carbocycles. The van der Waals surface area contributed by atoms with E-state index in [1.165, 1.54) is 16.9 Å². The molecule has 0 aliphatic carbocycles. The van der Waals surface area contributed by atoms with Crippen molar-refractivity contribution in [2.45, 2.75) is 6.42 Å². The van der Waals surface area contributed by atoms with Gasteiger partial charge < -0.3 is 4.90 Å². The van der Waals surface area contributed by atoms with Crippen molar-refractivity contribution in [2.24, 2.45) is 0 Å². The first-order valence-corrected chi connectivity index (χ1v) is 10.7. The van der Waals surface area contributed by atoms with E-state index in [1.54, 1.807) is 0 Å². The number of rotatable bonds is 5. The minimum Gasteiger partial charge on any atom is -0.335 e. The maximum absolute atomic E-state index is 12.8. The van der Waals surface area contributed by atoms with Crippen molar-refractivity contribution in [2.75, 3.05) is 32.7 Å². The van der Waals surface area contributed by atoms with Crippen molar-refractivity contribution in [3.05, 3.63) is 76.3 Å². The van der Waals surface area contributed by atoms with Crippen molar-refractivity contribution in [3.8, 4) is 10.6 Å². The highest BCUT2D eigenvalue weighted by atomic mass is 35.5. The van der Waals surface area contributed by atoms with Gasteiger partial charge in [-0.2, -0.15) is 0 Å². The van der Waals surface area contributed by atoms with Gasteiger partial charge in [-0.3, -0.25) is 9.69 Å². The molecule has 1 saturated heterocycles. The fourth-order valence-electron chi connectivity index (χ4n) is 3.39. The third-order valence-electron chi connectivity index (χ3n) is 5.01. The van der Waals surface area contributed by atoms with Crippen LogP contribution in [-0.2, 0) is 6.42 Å². The highest BCUT2D eigenvalue weighted by Crippen LogP contribution is 2.26. The molecule has 0 N–H and O–H groups in total. The number of hydrogen-bond donors (Lipinski definition) is 0. The maximum Gasteiger partial charge on any atom is 0.273 e. The first-order chi connectivity index (χ1) is 13.7. The predicted molar refractivity (Wildman–Crippen MR) is 115 cm³/mol. The monoisotopic (exact) mass is 411 g/mol. The van der Waals surface area contributed by atoms with E-state index < -0.39 is 0 Å². The number of aromatic nitrogens is 1. The molecule has 0 saturated carbocycles. The van der Waals surface area contributed by atoms with E-state index in [0.717, 1.165) is 49.7 Å². The maximum atomic E-state index is 12.8. The number of nitrogens with zero attached hydrogens (tertiary/aromatic N) is 3. The number of benzene rings is 2. The Morgan fingerprint density at radius 3 is 2.57 bits per heavy atom. The van der Waals surface area contributed by atoms with Crippen LogP contribution in [0.1, 0.15) is 16.1 Å². The van der Waals surface area contributed by atoms with Gasteiger partial charge in [0.2, 0.25) is 0 Å². The van der Waals surface area contributed by atoms with E-state index in [1.807, 2.05) is 40.6 Å². The summed E-state index contributed by atoms with van der Waals surface area (Å²) in [5, 5.41) is 3.35. The molecular weight excluding hydrogens is 390 g/mol. The van der Waals surface area contributed by atoms with Crippen molar-refractivity contribution < 1.29 is 4.79 Å². The summed E-state index contributed by atoms with van der Waals surface area (Å²) in [5.74, 6) is 0.0206. The van der Waals surface area contributed by atoms with Crippen LogP contribution in [0.25, 0.3) is 10.6 Å². The molecular formula is C22H22ClN3OS. The fraction of sp³-hybridized carbons (Fsp3) is 0.273. The van der Waals surface area contributed by atoms with E-state index >= 15 is 0 Å². The summed E-state index contributed by atoms with van der Waals surface area (Å²) in [7, 11) is 0. The van der Waals surface area contributed by atoms with Crippen LogP contribution < -0.4 is 0 Å². The molecule has 1 amide bonds. The van der Waals surface area contributed by atoms with Gasteiger partial charge in [-0.15, -0.1) is 11.3 Å². The van der Waals surface area contributed by atoms with Crippen LogP contribution in [0.5, 0.6) is 0 Å². The minimum absolute atomic E-state index is 0.0206. The topological polar surface area (TPSA) is 36.4 Å². The molecule has 1 fully saturated rings. The second kappa shape index (κ2) is 8.86. The molecule has 0 bridgehead atoms. The first kappa shape index (κ1) is 19.1. The van der Waals surface area contributed by atoms with Crippen LogP contribution in [0.15, 0.2) is 60.0 Å². The zero-order chi connectivity index (χ0) is 19.3. The molecule has 6 heteroatoms. The quantitative estimate of drug-likeness (QED) is 0.621. The summed E-state index contributed by atoms with van der Waals surface area (Å²) in [6.45, 7) is 4.34. The van der Waals surface area contributed by atoms with Gasteiger partial charge in [-0.05, 0) is 24.1 Å². The Morgan fingerprint density at radius 2 is 1.82 bits per heavy atom. The Morgan fingerprint density at radius 1 is 1.04 bits per heavy atom. The number of piperazine rings is 1. The van der Waals surface area contributed by atoms with Gasteiger partial charge in [0.25, 0.3) is 5.91 Å². The predicted octanol–water partition coefficient (Wildman–Crippen LogP) is 4.46. The molecule has 0 unspecified atom stereocenters. The number of carbonyl (C=O) groups is 1. The summed E-state index contributed by atoms with van der Waals surface area (Å²) in [6, 6.07) is 18.1. The summed E-state index contributed by atoms with van der Waals surface area (Å²) in [6.07, 6.45) is 1.05. The SMILES string of the molecule is O=C(c1csc(-c2cccc(Cl)c2)n1)N1CCN(CCc2ccccc2)CC1. The van der Waals surface area contributed by atoms with E-state index in [4.69, 9.17) is 11.6 Å². The fourth-order valence-corrected chi connectivity index (χ4v) is 4.38. The van der Waals surface area contributed by atoms with Gasteiger partial charge in [-0.1, -0.05) is 54.1 Å². The lowest BCUT2D eigenvalue weighted by Gasteiger charge is -2.34. The minimum atomic E-state index is 0.0206. The summed E-state index contributed by atoms with van der Waals surface area (Å²) in [5.41, 5.74) is 2.83. The zero-order valence-electron chi connectivity index (χ0n) is 15.6. The summed E-state index contributed by atoms with van der Waals surface area (Å²) < 4.78 is 0. The molecule has 0 atom stereocenters. The largest absolute Gasteiger partial charge is 0.335 e. The molecule has 2 heterocycles. The average molecular weight is 412 g/mol. The van der Waals surface area contributed by atoms with Crippen LogP contribution in [0.4, 0.5) is 0 Å². The first-order valence-electron chi connectivity index (χ1n) is 9.46. The van der Waals surface area contributed by atoms with E-state index in [9.17, 15) is 4.79 Å². The van der Waals surface area contributed by atoms with Gasteiger partial charge >= 0.3 is 0 Å². The molecule has 1 aliphatic heterocycles. The van der Waals surface area contributed by atoms with E-state index in [-0.39, 0.29) is 5.91 Å². The summed E-state index contributed by atoms with van der Waals surface area (Å²) >= 11 is 7.54. The Balaban J connectivity index is 1.32. The third kappa shape index (κ3) is 4.61. The number of thiazole rings is 1. The molecule has 1 aliphatic rings. The smallest absolute Gasteiger partial charge is 0.273 e.